The van der Waals surface area contributed by atoms with E-state index in [-0.39, 0.29) is 6.61 Å². The van der Waals surface area contributed by atoms with Gasteiger partial charge in [-0.05, 0) is 24.5 Å². The number of benzene rings is 2. The number of nitrogens with one attached hydrogen (secondary N) is 1. The molecule has 1 saturated heterocycles. The first-order chi connectivity index (χ1) is 13.9. The number of ether oxygens (including phenoxy) is 1. The number of hydrogen-bond acceptors (Lipinski definition) is 4. The second kappa shape index (κ2) is 8.77. The number of amides is 3. The van der Waals surface area contributed by atoms with Crippen LogP contribution >= 0.6 is 0 Å². The number of nitrogens with two attached hydrogens (primary N) is 1. The Balaban J connectivity index is 1.77. The summed E-state index contributed by atoms with van der Waals surface area (Å²) in [6.07, 6.45) is 0.239. The summed E-state index contributed by atoms with van der Waals surface area (Å²) < 4.78 is 5.44. The molecule has 0 unspecified atom stereocenters. The van der Waals surface area contributed by atoms with Crippen LogP contribution in [0.25, 0.3) is 0 Å². The van der Waals surface area contributed by atoms with Gasteiger partial charge in [-0.25, -0.2) is 4.79 Å². The lowest BCUT2D eigenvalue weighted by molar-refractivity contribution is -0.143. The van der Waals surface area contributed by atoms with Gasteiger partial charge in [0.2, 0.25) is 11.8 Å². The van der Waals surface area contributed by atoms with Gasteiger partial charge in [0.15, 0.2) is 0 Å². The van der Waals surface area contributed by atoms with Crippen LogP contribution in [0.4, 0.5) is 4.79 Å². The predicted molar refractivity (Wildman–Crippen MR) is 108 cm³/mol. The summed E-state index contributed by atoms with van der Waals surface area (Å²) in [4.78, 5) is 38.7. The smallest absolute Gasteiger partial charge is 0.411 e. The van der Waals surface area contributed by atoms with Gasteiger partial charge in [0, 0.05) is 13.0 Å². The molecule has 1 heterocycles. The molecule has 3 amide bonds. The Morgan fingerprint density at radius 3 is 2.17 bits per heavy atom. The fourth-order valence-electron chi connectivity index (χ4n) is 3.39. The van der Waals surface area contributed by atoms with Gasteiger partial charge in [-0.1, -0.05) is 60.7 Å². The molecule has 3 rings (SSSR count). The quantitative estimate of drug-likeness (QED) is 0.749. The second-order valence-corrected chi connectivity index (χ2v) is 7.23. The highest BCUT2D eigenvalue weighted by atomic mass is 16.6. The molecule has 1 fully saturated rings. The van der Waals surface area contributed by atoms with Crippen molar-refractivity contribution in [3.05, 3.63) is 71.8 Å². The standard InChI is InChI=1S/C22H25N3O4/c1-16(19(23)26)24-20(27)22(14-17-8-4-2-5-9-17)12-13-25(22)21(28)29-15-18-10-6-3-7-11-18/h2-11,16H,12-15H2,1H3,(H2,23,26)(H,24,27)/t16-,22+/m1/s1. The van der Waals surface area contributed by atoms with Crippen LogP contribution in [0.15, 0.2) is 60.7 Å². The highest BCUT2D eigenvalue weighted by molar-refractivity contribution is 5.95. The van der Waals surface area contributed by atoms with Gasteiger partial charge >= 0.3 is 6.09 Å². The maximum absolute atomic E-state index is 13.1. The molecular formula is C22H25N3O4. The zero-order chi connectivity index (χ0) is 20.9. The van der Waals surface area contributed by atoms with Crippen molar-refractivity contribution >= 4 is 17.9 Å². The molecular weight excluding hydrogens is 370 g/mol. The van der Waals surface area contributed by atoms with E-state index in [4.69, 9.17) is 10.5 Å². The van der Waals surface area contributed by atoms with Crippen LogP contribution in [-0.4, -0.2) is 40.9 Å². The number of nitrogens with zero attached hydrogens (tertiary/aromatic N) is 1. The molecule has 0 bridgehead atoms. The summed E-state index contributed by atoms with van der Waals surface area (Å²) in [6, 6.07) is 18.0. The van der Waals surface area contributed by atoms with Gasteiger partial charge in [0.25, 0.3) is 0 Å². The van der Waals surface area contributed by atoms with Crippen LogP contribution in [0, 0.1) is 0 Å². The normalized spacial score (nSPS) is 19.0. The summed E-state index contributed by atoms with van der Waals surface area (Å²) in [5, 5.41) is 2.64. The van der Waals surface area contributed by atoms with Crippen LogP contribution < -0.4 is 11.1 Å². The second-order valence-electron chi connectivity index (χ2n) is 7.23. The summed E-state index contributed by atoms with van der Waals surface area (Å²) in [5.41, 5.74) is 5.95. The zero-order valence-corrected chi connectivity index (χ0v) is 16.3. The molecule has 7 nitrogen and oxygen atoms in total. The van der Waals surface area contributed by atoms with E-state index in [1.807, 2.05) is 60.7 Å². The Hall–Kier alpha value is -3.35. The molecule has 29 heavy (non-hydrogen) atoms. The topological polar surface area (TPSA) is 102 Å². The van der Waals surface area contributed by atoms with Crippen LogP contribution in [0.5, 0.6) is 0 Å². The lowest BCUT2D eigenvalue weighted by Crippen LogP contribution is -2.71. The van der Waals surface area contributed by atoms with E-state index >= 15 is 0 Å². The molecule has 7 heteroatoms. The Kier molecular flexibility index (Phi) is 6.16. The third-order valence-corrected chi connectivity index (χ3v) is 5.23. The molecule has 0 spiro atoms. The first-order valence-corrected chi connectivity index (χ1v) is 9.55. The Morgan fingerprint density at radius 2 is 1.66 bits per heavy atom. The molecule has 3 N–H and O–H groups in total. The number of carbonyl (C=O) groups excluding carboxylic acids is 3. The summed E-state index contributed by atoms with van der Waals surface area (Å²) >= 11 is 0. The number of hydrogen-bond donors (Lipinski definition) is 2. The van der Waals surface area contributed by atoms with E-state index in [2.05, 4.69) is 5.32 Å². The number of rotatable bonds is 7. The fourth-order valence-corrected chi connectivity index (χ4v) is 3.39. The van der Waals surface area contributed by atoms with E-state index in [9.17, 15) is 14.4 Å². The average Bonchev–Trinajstić information content (AvgIpc) is 2.71. The molecule has 1 aliphatic rings. The van der Waals surface area contributed by atoms with Crippen molar-refractivity contribution in [3.63, 3.8) is 0 Å². The largest absolute Gasteiger partial charge is 0.445 e. The van der Waals surface area contributed by atoms with Crippen LogP contribution in [0.3, 0.4) is 0 Å². The van der Waals surface area contributed by atoms with E-state index in [0.717, 1.165) is 11.1 Å². The highest BCUT2D eigenvalue weighted by Crippen LogP contribution is 2.35. The lowest BCUT2D eigenvalue weighted by Gasteiger charge is -2.50. The minimum absolute atomic E-state index is 0.122. The number of primary amides is 1. The Labute approximate surface area is 169 Å². The molecule has 0 aliphatic carbocycles. The van der Waals surface area contributed by atoms with Crippen molar-refractivity contribution in [2.45, 2.75) is 38.0 Å². The fraction of sp³-hybridized carbons (Fsp3) is 0.318. The number of likely N-dealkylation sites (tertiary alicyclic amines) is 1. The molecule has 0 saturated carbocycles. The molecule has 2 atom stereocenters. The van der Waals surface area contributed by atoms with Crippen molar-refractivity contribution in [1.29, 1.82) is 0 Å². The van der Waals surface area contributed by atoms with Crippen molar-refractivity contribution < 1.29 is 19.1 Å². The van der Waals surface area contributed by atoms with Crippen LogP contribution in [-0.2, 0) is 27.4 Å². The average molecular weight is 395 g/mol. The van der Waals surface area contributed by atoms with Crippen molar-refractivity contribution in [1.82, 2.24) is 10.2 Å². The van der Waals surface area contributed by atoms with E-state index < -0.39 is 29.5 Å². The first kappa shape index (κ1) is 20.4. The first-order valence-electron chi connectivity index (χ1n) is 9.55. The summed E-state index contributed by atoms with van der Waals surface area (Å²) in [6.45, 7) is 2.04. The van der Waals surface area contributed by atoms with E-state index in [1.165, 1.54) is 11.8 Å². The van der Waals surface area contributed by atoms with Crippen LogP contribution in [0.1, 0.15) is 24.5 Å². The molecule has 0 aromatic heterocycles. The third kappa shape index (κ3) is 4.56. The van der Waals surface area contributed by atoms with Crippen molar-refractivity contribution in [2.24, 2.45) is 5.73 Å². The minimum atomic E-state index is -1.11. The molecule has 1 aliphatic heterocycles. The molecule has 0 radical (unpaired) electrons. The molecule has 2 aromatic rings. The molecule has 152 valence electrons. The molecule has 2 aromatic carbocycles. The van der Waals surface area contributed by atoms with Gasteiger partial charge in [0.1, 0.15) is 18.2 Å². The summed E-state index contributed by atoms with van der Waals surface area (Å²) in [7, 11) is 0. The van der Waals surface area contributed by atoms with Gasteiger partial charge < -0.3 is 15.8 Å². The summed E-state index contributed by atoms with van der Waals surface area (Å²) in [5.74, 6) is -1.04. The monoisotopic (exact) mass is 395 g/mol. The predicted octanol–water partition coefficient (Wildman–Crippen LogP) is 2.00. The Bertz CT molecular complexity index is 872. The zero-order valence-electron chi connectivity index (χ0n) is 16.3. The van der Waals surface area contributed by atoms with E-state index in [1.54, 1.807) is 0 Å². The minimum Gasteiger partial charge on any atom is -0.445 e. The Morgan fingerprint density at radius 1 is 1.07 bits per heavy atom. The maximum Gasteiger partial charge on any atom is 0.411 e. The van der Waals surface area contributed by atoms with E-state index in [0.29, 0.717) is 19.4 Å². The SMILES string of the molecule is C[C@@H](NC(=O)[C@@]1(Cc2ccccc2)CCN1C(=O)OCc1ccccc1)C(N)=O. The van der Waals surface area contributed by atoms with Gasteiger partial charge in [0.05, 0.1) is 0 Å². The van der Waals surface area contributed by atoms with Gasteiger partial charge in [-0.15, -0.1) is 0 Å². The number of carbonyl (C=O) groups is 3. The maximum atomic E-state index is 13.1. The lowest BCUT2D eigenvalue weighted by atomic mass is 9.78. The van der Waals surface area contributed by atoms with Gasteiger partial charge in [-0.3, -0.25) is 14.5 Å². The highest BCUT2D eigenvalue weighted by Gasteiger charge is 2.54. The van der Waals surface area contributed by atoms with Crippen molar-refractivity contribution in [2.75, 3.05) is 6.54 Å². The van der Waals surface area contributed by atoms with Gasteiger partial charge in [-0.2, -0.15) is 0 Å². The third-order valence-electron chi connectivity index (χ3n) is 5.23. The van der Waals surface area contributed by atoms with Crippen LogP contribution in [0.2, 0.25) is 0 Å². The van der Waals surface area contributed by atoms with Crippen molar-refractivity contribution in [3.8, 4) is 0 Å².